The van der Waals surface area contributed by atoms with Crippen LogP contribution in [0.1, 0.15) is 69.7 Å². The van der Waals surface area contributed by atoms with Crippen LogP contribution in [-0.2, 0) is 0 Å². The third-order valence-corrected chi connectivity index (χ3v) is 2.55. The molecule has 0 nitrogen and oxygen atoms in total. The second kappa shape index (κ2) is 43.4. The molecular weight excluding hydrogens is 408 g/mol. The summed E-state index contributed by atoms with van der Waals surface area (Å²) in [5, 5.41) is 1.16. The highest BCUT2D eigenvalue weighted by Crippen LogP contribution is 1.99. The highest BCUT2D eigenvalue weighted by atomic mass is 79.9. The topological polar surface area (TPSA) is 0 Å². The Labute approximate surface area is 141 Å². The summed E-state index contributed by atoms with van der Waals surface area (Å²) in [4.78, 5) is 0.697. The molecule has 0 rings (SSSR count). The zero-order valence-electron chi connectivity index (χ0n) is 10.6. The number of allylic oxidation sites excluding steroid dienone is 1. The number of hydrogen-bond acceptors (Lipinski definition) is 0. The van der Waals surface area contributed by atoms with Crippen molar-refractivity contribution in [1.82, 2.24) is 0 Å². The lowest BCUT2D eigenvalue weighted by molar-refractivity contribution is 0.902. The molecule has 0 fully saturated rings. The van der Waals surface area contributed by atoms with Crippen molar-refractivity contribution in [3.8, 4) is 0 Å². The van der Waals surface area contributed by atoms with Gasteiger partial charge in [0.05, 0.1) is 0 Å². The lowest BCUT2D eigenvalue weighted by Gasteiger charge is -1.88. The quantitative estimate of drug-likeness (QED) is 0.303. The van der Waals surface area contributed by atoms with Gasteiger partial charge in [-0.25, -0.2) is 0 Å². The van der Waals surface area contributed by atoms with Crippen molar-refractivity contribution in [2.75, 3.05) is 5.33 Å². The fourth-order valence-corrected chi connectivity index (χ4v) is 0.694. The fraction of sp³-hybridized carbons (Fsp3) is 0.857. The molecule has 3 heteroatoms. The number of halogens is 3. The van der Waals surface area contributed by atoms with E-state index < -0.39 is 0 Å². The predicted octanol–water partition coefficient (Wildman–Crippen LogP) is 8.04. The second-order valence-corrected chi connectivity index (χ2v) is 5.28. The van der Waals surface area contributed by atoms with Crippen LogP contribution in [-0.4, -0.2) is 10.2 Å². The van der Waals surface area contributed by atoms with Crippen molar-refractivity contribution in [3.05, 3.63) is 12.7 Å². The maximum absolute atomic E-state index is 3.48. The maximum atomic E-state index is 3.48. The third kappa shape index (κ3) is 104. The van der Waals surface area contributed by atoms with Crippen LogP contribution < -0.4 is 0 Å². The number of unbranched alkanes of at least 4 members (excludes halogenated alkanes) is 1. The molecule has 0 aliphatic rings. The van der Waals surface area contributed by atoms with Crippen LogP contribution in [0.4, 0.5) is 0 Å². The Morgan fingerprint density at radius 2 is 1.53 bits per heavy atom. The largest absolute Gasteiger partial charge is 0.114 e. The van der Waals surface area contributed by atoms with E-state index >= 15 is 0 Å². The van der Waals surface area contributed by atoms with E-state index in [1.807, 2.05) is 6.08 Å². The highest BCUT2D eigenvalue weighted by molar-refractivity contribution is 9.09. The molecule has 0 N–H and O–H groups in total. The van der Waals surface area contributed by atoms with Crippen molar-refractivity contribution in [2.45, 2.75) is 73.1 Å². The molecule has 1 atom stereocenters. The Balaban J connectivity index is -0.0000000183. The summed E-state index contributed by atoms with van der Waals surface area (Å²) in [6.45, 7) is 12.0. The van der Waals surface area contributed by atoms with Crippen molar-refractivity contribution in [2.24, 2.45) is 0 Å². The Morgan fingerprint density at radius 3 is 1.53 bits per heavy atom. The van der Waals surface area contributed by atoms with Gasteiger partial charge in [0.15, 0.2) is 0 Å². The summed E-state index contributed by atoms with van der Waals surface area (Å²) in [7, 11) is 0. The molecule has 0 heterocycles. The molecule has 0 aromatic heterocycles. The second-order valence-electron chi connectivity index (χ2n) is 2.93. The summed E-state index contributed by atoms with van der Waals surface area (Å²) in [6, 6.07) is 0. The zero-order valence-corrected chi connectivity index (χ0v) is 15.4. The Morgan fingerprint density at radius 1 is 1.24 bits per heavy atom. The van der Waals surface area contributed by atoms with E-state index in [0.29, 0.717) is 4.83 Å². The molecule has 0 aromatic carbocycles. The van der Waals surface area contributed by atoms with Gasteiger partial charge in [0, 0.05) is 11.6 Å². The van der Waals surface area contributed by atoms with E-state index in [-0.39, 0.29) is 33.3 Å². The SMILES string of the molecule is Br.C.C.C=CCC.CCC(C)Br.CCCCBr.[2HH]. The summed E-state index contributed by atoms with van der Waals surface area (Å²) < 4.78 is 0. The molecule has 0 aliphatic carbocycles. The minimum atomic E-state index is 0. The van der Waals surface area contributed by atoms with E-state index in [2.05, 4.69) is 66.1 Å². The summed E-state index contributed by atoms with van der Waals surface area (Å²) in [5.41, 5.74) is 0. The number of hydrogen-bond donors (Lipinski definition) is 0. The van der Waals surface area contributed by atoms with Gasteiger partial charge in [-0.15, -0.1) is 23.6 Å². The molecular formula is C14H37Br3. The van der Waals surface area contributed by atoms with Crippen LogP contribution in [0.3, 0.4) is 0 Å². The van der Waals surface area contributed by atoms with Crippen molar-refractivity contribution >= 4 is 48.8 Å². The lowest BCUT2D eigenvalue weighted by Crippen LogP contribution is -1.80. The van der Waals surface area contributed by atoms with E-state index in [1.165, 1.54) is 19.3 Å². The van der Waals surface area contributed by atoms with Gasteiger partial charge in [-0.2, -0.15) is 0 Å². The van der Waals surface area contributed by atoms with Crippen LogP contribution in [0.15, 0.2) is 12.7 Å². The van der Waals surface area contributed by atoms with E-state index in [1.54, 1.807) is 0 Å². The normalized spacial score (nSPS) is 8.35. The predicted molar refractivity (Wildman–Crippen MR) is 104 cm³/mol. The Bertz CT molecular complexity index is 87.1. The number of alkyl halides is 2. The minimum absolute atomic E-state index is 0. The molecule has 1 unspecified atom stereocenters. The Kier molecular flexibility index (Phi) is 92.3. The van der Waals surface area contributed by atoms with Crippen molar-refractivity contribution in [1.29, 1.82) is 0 Å². The van der Waals surface area contributed by atoms with Crippen molar-refractivity contribution in [3.63, 3.8) is 0 Å². The first kappa shape index (κ1) is 36.2. The molecule has 0 bridgehead atoms. The average molecular weight is 446 g/mol. The minimum Gasteiger partial charge on any atom is -0.114 e. The zero-order chi connectivity index (χ0) is 11.8. The lowest BCUT2D eigenvalue weighted by atomic mass is 10.4. The Hall–Kier alpha value is 1.18. The van der Waals surface area contributed by atoms with Crippen LogP contribution in [0.5, 0.6) is 0 Å². The monoisotopic (exact) mass is 443 g/mol. The van der Waals surface area contributed by atoms with Crippen LogP contribution in [0, 0.1) is 0 Å². The van der Waals surface area contributed by atoms with Crippen LogP contribution >= 0.6 is 48.8 Å². The van der Waals surface area contributed by atoms with Gasteiger partial charge in [0.25, 0.3) is 0 Å². The van der Waals surface area contributed by atoms with E-state index in [4.69, 9.17) is 0 Å². The van der Waals surface area contributed by atoms with Gasteiger partial charge in [-0.3, -0.25) is 0 Å². The molecule has 114 valence electrons. The molecule has 0 saturated heterocycles. The van der Waals surface area contributed by atoms with Gasteiger partial charge in [0.1, 0.15) is 0 Å². The van der Waals surface area contributed by atoms with Gasteiger partial charge in [0.2, 0.25) is 0 Å². The van der Waals surface area contributed by atoms with Gasteiger partial charge in [-0.05, 0) is 19.3 Å². The van der Waals surface area contributed by atoms with Gasteiger partial charge < -0.3 is 0 Å². The summed E-state index contributed by atoms with van der Waals surface area (Å²) in [5.74, 6) is 0. The van der Waals surface area contributed by atoms with Crippen LogP contribution in [0.25, 0.3) is 0 Å². The summed E-state index contributed by atoms with van der Waals surface area (Å²) >= 11 is 6.68. The van der Waals surface area contributed by atoms with Crippen molar-refractivity contribution < 1.29 is 1.43 Å². The molecule has 0 aliphatic heterocycles. The first-order chi connectivity index (χ1) is 6.60. The highest BCUT2D eigenvalue weighted by Gasteiger charge is 1.82. The molecule has 0 spiro atoms. The first-order valence-corrected chi connectivity index (χ1v) is 7.45. The fourth-order valence-electron chi connectivity index (χ4n) is 0.134. The first-order valence-electron chi connectivity index (χ1n) is 5.41. The number of rotatable bonds is 4. The van der Waals surface area contributed by atoms with Gasteiger partial charge in [-0.1, -0.05) is 86.9 Å². The maximum Gasteiger partial charge on any atom is 0.0114 e. The average Bonchev–Trinajstić information content (AvgIpc) is 2.20. The van der Waals surface area contributed by atoms with Gasteiger partial charge >= 0.3 is 0 Å². The third-order valence-electron chi connectivity index (χ3n) is 1.34. The molecule has 0 amide bonds. The smallest absolute Gasteiger partial charge is 0.0114 e. The van der Waals surface area contributed by atoms with Crippen LogP contribution in [0.2, 0.25) is 0 Å². The molecule has 0 aromatic rings. The van der Waals surface area contributed by atoms with E-state index in [9.17, 15) is 0 Å². The summed E-state index contributed by atoms with van der Waals surface area (Å²) in [6.07, 6.45) is 6.78. The molecule has 0 saturated carbocycles. The molecule has 17 heavy (non-hydrogen) atoms. The standard InChI is InChI=1S/2C4H9Br.C4H8.2CH4.BrH.H2/c1-3-4(2)5;1-2-3-4-5;1-3-4-2;;;;/h4H,3H2,1-2H3;2-4H2,1H3;3H,1,4H2,2H3;2*1H4;2*1H/i;;;;;;1+1. The van der Waals surface area contributed by atoms with E-state index in [0.717, 1.165) is 11.8 Å². The molecule has 0 radical (unpaired) electrons.